The Bertz CT molecular complexity index is 1240. The Morgan fingerprint density at radius 1 is 1.25 bits per heavy atom. The molecule has 0 fully saturated rings. The van der Waals surface area contributed by atoms with Gasteiger partial charge in [-0.2, -0.15) is 5.10 Å². The highest BCUT2D eigenvalue weighted by Gasteiger charge is 2.13. The number of aromatic nitrogens is 2. The van der Waals surface area contributed by atoms with Gasteiger partial charge in [0.15, 0.2) is 5.11 Å². The van der Waals surface area contributed by atoms with Gasteiger partial charge in [-0.25, -0.2) is 4.98 Å². The number of fused-ring (bicyclic) bond motifs is 3. The summed E-state index contributed by atoms with van der Waals surface area (Å²) in [5.41, 5.74) is 5.54. The molecular weight excluding hydrogens is 374 g/mol. The van der Waals surface area contributed by atoms with Crippen LogP contribution in [-0.4, -0.2) is 27.8 Å². The lowest BCUT2D eigenvalue weighted by atomic mass is 10.1. The number of nitrogens with one attached hydrogen (secondary N) is 3. The molecule has 0 spiro atoms. The fourth-order valence-corrected chi connectivity index (χ4v) is 3.03. The molecule has 4 aromatic rings. The molecule has 7 nitrogen and oxygen atoms in total. The van der Waals surface area contributed by atoms with Crippen LogP contribution in [0.15, 0.2) is 62.8 Å². The number of hydrazone groups is 1. The summed E-state index contributed by atoms with van der Waals surface area (Å²) in [6, 6.07) is 15.0. The number of hydrogen-bond acceptors (Lipinski definition) is 5. The Kier molecular flexibility index (Phi) is 4.86. The van der Waals surface area contributed by atoms with E-state index in [-0.39, 0.29) is 11.1 Å². The van der Waals surface area contributed by atoms with Crippen molar-refractivity contribution in [2.75, 3.05) is 6.54 Å². The van der Waals surface area contributed by atoms with Crippen LogP contribution in [0.3, 0.4) is 0 Å². The molecule has 0 amide bonds. The molecular formula is C20H17N5O2S. The SMILES string of the molecule is CCNC(=S)N/N=C\c1ccc(-c2nc3c(oc4ccccc43)c(=O)[nH]2)cc1. The number of nitrogens with zero attached hydrogens (tertiary/aromatic N) is 2. The van der Waals surface area contributed by atoms with Crippen molar-refractivity contribution in [3.8, 4) is 11.4 Å². The van der Waals surface area contributed by atoms with E-state index >= 15 is 0 Å². The topological polar surface area (TPSA) is 95.3 Å². The molecule has 4 rings (SSSR count). The van der Waals surface area contributed by atoms with Crippen LogP contribution in [0, 0.1) is 0 Å². The first-order chi connectivity index (χ1) is 13.7. The normalized spacial score (nSPS) is 11.3. The Hall–Kier alpha value is -3.52. The highest BCUT2D eigenvalue weighted by Crippen LogP contribution is 2.26. The lowest BCUT2D eigenvalue weighted by Gasteiger charge is -2.03. The van der Waals surface area contributed by atoms with E-state index in [1.165, 1.54) is 0 Å². The molecule has 140 valence electrons. The summed E-state index contributed by atoms with van der Waals surface area (Å²) in [5.74, 6) is 0.485. The quantitative estimate of drug-likeness (QED) is 0.281. The second-order valence-corrected chi connectivity index (χ2v) is 6.45. The molecule has 0 aliphatic heterocycles. The maximum atomic E-state index is 12.4. The molecule has 2 heterocycles. The summed E-state index contributed by atoms with van der Waals surface area (Å²) < 4.78 is 5.63. The van der Waals surface area contributed by atoms with Gasteiger partial charge in [-0.1, -0.05) is 36.4 Å². The van der Waals surface area contributed by atoms with Gasteiger partial charge in [0.05, 0.1) is 6.21 Å². The highest BCUT2D eigenvalue weighted by atomic mass is 32.1. The average Bonchev–Trinajstić information content (AvgIpc) is 3.08. The van der Waals surface area contributed by atoms with Crippen LogP contribution in [0.5, 0.6) is 0 Å². The lowest BCUT2D eigenvalue weighted by Crippen LogP contribution is -2.31. The minimum atomic E-state index is -0.303. The third-order valence-electron chi connectivity index (χ3n) is 4.13. The van der Waals surface area contributed by atoms with Gasteiger partial charge in [0.25, 0.3) is 5.56 Å². The maximum Gasteiger partial charge on any atom is 0.294 e. The predicted molar refractivity (Wildman–Crippen MR) is 115 cm³/mol. The third-order valence-corrected chi connectivity index (χ3v) is 4.37. The van der Waals surface area contributed by atoms with Gasteiger partial charge in [-0.3, -0.25) is 10.2 Å². The minimum Gasteiger partial charge on any atom is -0.449 e. The molecule has 0 saturated heterocycles. The first-order valence-electron chi connectivity index (χ1n) is 8.74. The van der Waals surface area contributed by atoms with Crippen molar-refractivity contribution in [1.82, 2.24) is 20.7 Å². The van der Waals surface area contributed by atoms with Crippen LogP contribution in [0.2, 0.25) is 0 Å². The summed E-state index contributed by atoms with van der Waals surface area (Å²) in [4.78, 5) is 19.8. The molecule has 0 aliphatic carbocycles. The zero-order valence-electron chi connectivity index (χ0n) is 15.0. The van der Waals surface area contributed by atoms with Crippen molar-refractivity contribution in [3.63, 3.8) is 0 Å². The van der Waals surface area contributed by atoms with Crippen LogP contribution in [0.1, 0.15) is 12.5 Å². The van der Waals surface area contributed by atoms with Crippen molar-refractivity contribution >= 4 is 45.6 Å². The van der Waals surface area contributed by atoms with Gasteiger partial charge in [0, 0.05) is 17.5 Å². The van der Waals surface area contributed by atoms with E-state index in [0.717, 1.165) is 23.1 Å². The Balaban J connectivity index is 1.63. The number of furan rings is 1. The summed E-state index contributed by atoms with van der Waals surface area (Å²) in [7, 11) is 0. The van der Waals surface area contributed by atoms with Gasteiger partial charge >= 0.3 is 0 Å². The second kappa shape index (κ2) is 7.61. The molecule has 0 bridgehead atoms. The first-order valence-corrected chi connectivity index (χ1v) is 9.15. The molecule has 0 aliphatic rings. The number of aromatic amines is 1. The van der Waals surface area contributed by atoms with Crippen LogP contribution in [-0.2, 0) is 0 Å². The van der Waals surface area contributed by atoms with E-state index in [2.05, 4.69) is 25.8 Å². The molecule has 2 aromatic heterocycles. The summed E-state index contributed by atoms with van der Waals surface area (Å²) in [6.07, 6.45) is 1.66. The van der Waals surface area contributed by atoms with Gasteiger partial charge in [0.1, 0.15) is 16.9 Å². The van der Waals surface area contributed by atoms with Crippen LogP contribution in [0.25, 0.3) is 33.5 Å². The van der Waals surface area contributed by atoms with Crippen molar-refractivity contribution in [1.29, 1.82) is 0 Å². The molecule has 8 heteroatoms. The fourth-order valence-electron chi connectivity index (χ4n) is 2.83. The summed E-state index contributed by atoms with van der Waals surface area (Å²) in [6.45, 7) is 2.69. The van der Waals surface area contributed by atoms with Gasteiger partial charge in [-0.15, -0.1) is 0 Å². The predicted octanol–water partition coefficient (Wildman–Crippen LogP) is 3.15. The number of thiocarbonyl (C=S) groups is 1. The monoisotopic (exact) mass is 391 g/mol. The molecule has 2 aromatic carbocycles. The van der Waals surface area contributed by atoms with E-state index in [4.69, 9.17) is 16.6 Å². The van der Waals surface area contributed by atoms with E-state index in [1.807, 2.05) is 55.5 Å². The highest BCUT2D eigenvalue weighted by molar-refractivity contribution is 7.80. The maximum absolute atomic E-state index is 12.4. The van der Waals surface area contributed by atoms with E-state index < -0.39 is 0 Å². The second-order valence-electron chi connectivity index (χ2n) is 6.04. The molecule has 0 radical (unpaired) electrons. The van der Waals surface area contributed by atoms with Gasteiger partial charge in [0.2, 0.25) is 5.58 Å². The number of benzene rings is 2. The number of hydrogen-bond donors (Lipinski definition) is 3. The largest absolute Gasteiger partial charge is 0.449 e. The molecule has 28 heavy (non-hydrogen) atoms. The first kappa shape index (κ1) is 17.9. The lowest BCUT2D eigenvalue weighted by molar-refractivity contribution is 0.661. The Morgan fingerprint density at radius 3 is 2.82 bits per heavy atom. The Labute approximate surface area is 165 Å². The number of rotatable bonds is 4. The van der Waals surface area contributed by atoms with Crippen LogP contribution >= 0.6 is 12.2 Å². The smallest absolute Gasteiger partial charge is 0.294 e. The van der Waals surface area contributed by atoms with Gasteiger partial charge in [-0.05, 0) is 36.8 Å². The van der Waals surface area contributed by atoms with Crippen molar-refractivity contribution in [2.45, 2.75) is 6.92 Å². The number of para-hydroxylation sites is 1. The molecule has 0 saturated carbocycles. The van der Waals surface area contributed by atoms with Crippen molar-refractivity contribution in [2.24, 2.45) is 5.10 Å². The van der Waals surface area contributed by atoms with E-state index in [1.54, 1.807) is 6.21 Å². The fraction of sp³-hybridized carbons (Fsp3) is 0.100. The summed E-state index contributed by atoms with van der Waals surface area (Å²) >= 11 is 5.04. The molecule has 0 atom stereocenters. The zero-order valence-corrected chi connectivity index (χ0v) is 15.8. The summed E-state index contributed by atoms with van der Waals surface area (Å²) in [5, 5.41) is 8.32. The van der Waals surface area contributed by atoms with E-state index in [9.17, 15) is 4.79 Å². The Morgan fingerprint density at radius 2 is 2.04 bits per heavy atom. The molecule has 0 unspecified atom stereocenters. The van der Waals surface area contributed by atoms with Crippen molar-refractivity contribution < 1.29 is 4.42 Å². The zero-order chi connectivity index (χ0) is 19.5. The van der Waals surface area contributed by atoms with Crippen LogP contribution < -0.4 is 16.3 Å². The van der Waals surface area contributed by atoms with E-state index in [0.29, 0.717) is 22.0 Å². The molecule has 3 N–H and O–H groups in total. The standard InChI is InChI=1S/C20H17N5O2S/c1-2-21-20(28)25-22-11-12-7-9-13(10-8-12)18-23-16-14-5-3-4-6-15(14)27-17(16)19(26)24-18/h3-11H,2H2,1H3,(H2,21,25,28)(H,23,24,26)/b22-11-. The van der Waals surface area contributed by atoms with Crippen molar-refractivity contribution in [3.05, 3.63) is 64.4 Å². The third kappa shape index (κ3) is 3.49. The minimum absolute atomic E-state index is 0.233. The van der Waals surface area contributed by atoms with Crippen LogP contribution in [0.4, 0.5) is 0 Å². The number of H-pyrrole nitrogens is 1. The van der Waals surface area contributed by atoms with Gasteiger partial charge < -0.3 is 14.7 Å². The average molecular weight is 391 g/mol.